The molecular formula is C15H15N5O. The summed E-state index contributed by atoms with van der Waals surface area (Å²) in [4.78, 5) is 16.7. The minimum absolute atomic E-state index is 0.225. The van der Waals surface area contributed by atoms with Crippen LogP contribution in [0.4, 0.5) is 11.5 Å². The molecule has 0 aliphatic carbocycles. The molecule has 0 atom stereocenters. The Morgan fingerprint density at radius 1 is 1.24 bits per heavy atom. The Hall–Kier alpha value is -2.89. The molecule has 0 aliphatic heterocycles. The topological polar surface area (TPSA) is 71.3 Å². The van der Waals surface area contributed by atoms with E-state index in [-0.39, 0.29) is 5.91 Å². The predicted molar refractivity (Wildman–Crippen MR) is 81.5 cm³/mol. The highest BCUT2D eigenvalue weighted by Gasteiger charge is 2.14. The van der Waals surface area contributed by atoms with Gasteiger partial charge in [-0.3, -0.25) is 4.79 Å². The number of carbonyl (C=O) groups excluding carboxylic acids is 1. The highest BCUT2D eigenvalue weighted by Crippen LogP contribution is 2.14. The van der Waals surface area contributed by atoms with Crippen LogP contribution in [-0.4, -0.2) is 27.0 Å². The molecule has 2 aromatic heterocycles. The zero-order valence-electron chi connectivity index (χ0n) is 11.6. The van der Waals surface area contributed by atoms with Crippen molar-refractivity contribution in [3.63, 3.8) is 0 Å². The van der Waals surface area contributed by atoms with E-state index >= 15 is 0 Å². The van der Waals surface area contributed by atoms with Crippen molar-refractivity contribution in [1.82, 2.24) is 14.6 Å². The van der Waals surface area contributed by atoms with Crippen LogP contribution in [0.3, 0.4) is 0 Å². The number of fused-ring (bicyclic) bond motifs is 1. The molecule has 0 spiro atoms. The number of rotatable bonds is 4. The van der Waals surface area contributed by atoms with Crippen molar-refractivity contribution in [3.8, 4) is 0 Å². The van der Waals surface area contributed by atoms with Crippen molar-refractivity contribution in [1.29, 1.82) is 0 Å². The molecule has 6 heteroatoms. The summed E-state index contributed by atoms with van der Waals surface area (Å²) in [6, 6.07) is 11.1. The fraction of sp³-hybridized carbons (Fsp3) is 0.133. The first kappa shape index (κ1) is 13.1. The third-order valence-electron chi connectivity index (χ3n) is 3.00. The second-order valence-corrected chi connectivity index (χ2v) is 4.49. The monoisotopic (exact) mass is 281 g/mol. The van der Waals surface area contributed by atoms with Gasteiger partial charge in [-0.15, -0.1) is 0 Å². The third kappa shape index (κ3) is 2.69. The van der Waals surface area contributed by atoms with Crippen LogP contribution in [0.1, 0.15) is 17.3 Å². The third-order valence-corrected chi connectivity index (χ3v) is 3.00. The first-order chi connectivity index (χ1) is 10.3. The van der Waals surface area contributed by atoms with Gasteiger partial charge in [0.1, 0.15) is 11.4 Å². The Balaban J connectivity index is 1.92. The highest BCUT2D eigenvalue weighted by molar-refractivity contribution is 6.08. The zero-order chi connectivity index (χ0) is 14.7. The quantitative estimate of drug-likeness (QED) is 0.770. The van der Waals surface area contributed by atoms with Crippen molar-refractivity contribution >= 4 is 23.1 Å². The Morgan fingerprint density at radius 2 is 2.05 bits per heavy atom. The van der Waals surface area contributed by atoms with E-state index in [1.54, 1.807) is 10.7 Å². The average molecular weight is 281 g/mol. The van der Waals surface area contributed by atoms with Crippen LogP contribution < -0.4 is 10.6 Å². The first-order valence-electron chi connectivity index (χ1n) is 6.72. The first-order valence-corrected chi connectivity index (χ1v) is 6.72. The summed E-state index contributed by atoms with van der Waals surface area (Å²) in [5.41, 5.74) is 1.71. The SMILES string of the molecule is CCNc1ccn2ncc(C(=O)Nc3ccccc3)c2n1. The van der Waals surface area contributed by atoms with Crippen molar-refractivity contribution in [2.24, 2.45) is 0 Å². The van der Waals surface area contributed by atoms with E-state index in [0.717, 1.165) is 18.1 Å². The van der Waals surface area contributed by atoms with E-state index in [4.69, 9.17) is 0 Å². The molecule has 0 bridgehead atoms. The number of nitrogens with one attached hydrogen (secondary N) is 2. The van der Waals surface area contributed by atoms with Gasteiger partial charge in [0, 0.05) is 18.4 Å². The van der Waals surface area contributed by atoms with Gasteiger partial charge in [-0.2, -0.15) is 5.10 Å². The number of carbonyl (C=O) groups is 1. The standard InChI is InChI=1S/C15H15N5O/c1-2-16-13-8-9-20-14(19-13)12(10-17-20)15(21)18-11-6-4-3-5-7-11/h3-10H,2H2,1H3,(H,16,19)(H,18,21). The fourth-order valence-electron chi connectivity index (χ4n) is 2.03. The number of nitrogens with zero attached hydrogens (tertiary/aromatic N) is 3. The van der Waals surface area contributed by atoms with Gasteiger partial charge in [-0.1, -0.05) is 18.2 Å². The summed E-state index contributed by atoms with van der Waals surface area (Å²) in [7, 11) is 0. The number of para-hydroxylation sites is 1. The summed E-state index contributed by atoms with van der Waals surface area (Å²) < 4.78 is 1.58. The van der Waals surface area contributed by atoms with Crippen LogP contribution in [0.15, 0.2) is 48.8 Å². The van der Waals surface area contributed by atoms with Gasteiger partial charge in [0.25, 0.3) is 5.91 Å². The van der Waals surface area contributed by atoms with Crippen LogP contribution in [0.5, 0.6) is 0 Å². The lowest BCUT2D eigenvalue weighted by Crippen LogP contribution is -2.12. The number of amides is 1. The van der Waals surface area contributed by atoms with Gasteiger partial charge < -0.3 is 10.6 Å². The zero-order valence-corrected chi connectivity index (χ0v) is 11.6. The maximum atomic E-state index is 12.3. The molecule has 0 radical (unpaired) electrons. The van der Waals surface area contributed by atoms with Gasteiger partial charge >= 0.3 is 0 Å². The minimum Gasteiger partial charge on any atom is -0.370 e. The predicted octanol–water partition coefficient (Wildman–Crippen LogP) is 2.41. The molecule has 21 heavy (non-hydrogen) atoms. The average Bonchev–Trinajstić information content (AvgIpc) is 2.92. The molecule has 2 heterocycles. The summed E-state index contributed by atoms with van der Waals surface area (Å²) in [6.07, 6.45) is 3.30. The smallest absolute Gasteiger partial charge is 0.261 e. The number of hydrogen-bond donors (Lipinski definition) is 2. The Labute approximate surface area is 121 Å². The number of aromatic nitrogens is 3. The molecule has 106 valence electrons. The minimum atomic E-state index is -0.225. The van der Waals surface area contributed by atoms with Crippen LogP contribution in [-0.2, 0) is 0 Å². The lowest BCUT2D eigenvalue weighted by atomic mass is 10.2. The number of benzene rings is 1. The lowest BCUT2D eigenvalue weighted by Gasteiger charge is -2.05. The van der Waals surface area contributed by atoms with E-state index in [9.17, 15) is 4.79 Å². The lowest BCUT2D eigenvalue weighted by molar-refractivity contribution is 0.102. The van der Waals surface area contributed by atoms with E-state index < -0.39 is 0 Å². The largest absolute Gasteiger partial charge is 0.370 e. The number of anilines is 2. The summed E-state index contributed by atoms with van der Waals surface area (Å²) in [6.45, 7) is 2.76. The van der Waals surface area contributed by atoms with Crippen molar-refractivity contribution < 1.29 is 4.79 Å². The highest BCUT2D eigenvalue weighted by atomic mass is 16.1. The molecular weight excluding hydrogens is 266 g/mol. The second kappa shape index (κ2) is 5.62. The Kier molecular flexibility index (Phi) is 3.51. The molecule has 3 rings (SSSR count). The molecule has 0 unspecified atom stereocenters. The molecule has 2 N–H and O–H groups in total. The van der Waals surface area contributed by atoms with Gasteiger partial charge in [-0.05, 0) is 25.1 Å². The van der Waals surface area contributed by atoms with E-state index in [1.165, 1.54) is 6.20 Å². The normalized spacial score (nSPS) is 10.5. The van der Waals surface area contributed by atoms with E-state index in [1.807, 2.05) is 43.3 Å². The van der Waals surface area contributed by atoms with Crippen molar-refractivity contribution in [2.45, 2.75) is 6.92 Å². The molecule has 3 aromatic rings. The molecule has 1 aromatic carbocycles. The maximum absolute atomic E-state index is 12.3. The van der Waals surface area contributed by atoms with Crippen molar-refractivity contribution in [3.05, 3.63) is 54.4 Å². The fourth-order valence-corrected chi connectivity index (χ4v) is 2.03. The number of hydrogen-bond acceptors (Lipinski definition) is 4. The molecule has 0 fully saturated rings. The van der Waals surface area contributed by atoms with Gasteiger partial charge in [-0.25, -0.2) is 9.50 Å². The van der Waals surface area contributed by atoms with Crippen LogP contribution in [0.25, 0.3) is 5.65 Å². The van der Waals surface area contributed by atoms with Gasteiger partial charge in [0.15, 0.2) is 5.65 Å². The molecule has 1 amide bonds. The molecule has 0 saturated heterocycles. The van der Waals surface area contributed by atoms with Crippen LogP contribution >= 0.6 is 0 Å². The van der Waals surface area contributed by atoms with E-state index in [2.05, 4.69) is 20.7 Å². The maximum Gasteiger partial charge on any atom is 0.261 e. The molecule has 6 nitrogen and oxygen atoms in total. The summed E-state index contributed by atoms with van der Waals surface area (Å²) >= 11 is 0. The molecule has 0 saturated carbocycles. The Bertz CT molecular complexity index is 766. The summed E-state index contributed by atoms with van der Waals surface area (Å²) in [5.74, 6) is 0.497. The van der Waals surface area contributed by atoms with E-state index in [0.29, 0.717) is 11.2 Å². The van der Waals surface area contributed by atoms with Crippen LogP contribution in [0, 0.1) is 0 Å². The van der Waals surface area contributed by atoms with Crippen LogP contribution in [0.2, 0.25) is 0 Å². The summed E-state index contributed by atoms with van der Waals surface area (Å²) in [5, 5.41) is 10.1. The van der Waals surface area contributed by atoms with Crippen molar-refractivity contribution in [2.75, 3.05) is 17.2 Å². The van der Waals surface area contributed by atoms with Gasteiger partial charge in [0.2, 0.25) is 0 Å². The Morgan fingerprint density at radius 3 is 2.81 bits per heavy atom. The molecule has 0 aliphatic rings. The van der Waals surface area contributed by atoms with Gasteiger partial charge in [0.05, 0.1) is 6.20 Å². The second-order valence-electron chi connectivity index (χ2n) is 4.49.